The molecule has 0 spiro atoms. The van der Waals surface area contributed by atoms with E-state index < -0.39 is 95.5 Å². The summed E-state index contributed by atoms with van der Waals surface area (Å²) in [7, 11) is 5.31. The number of aliphatic hydroxyl groups is 5. The van der Waals surface area contributed by atoms with E-state index in [0.29, 0.717) is 19.5 Å². The van der Waals surface area contributed by atoms with Crippen LogP contribution in [0.2, 0.25) is 0 Å². The van der Waals surface area contributed by atoms with Gasteiger partial charge in [0.05, 0.1) is 42.0 Å². The van der Waals surface area contributed by atoms with Crippen LogP contribution >= 0.6 is 0 Å². The first kappa shape index (κ1) is 49.3. The Balaban J connectivity index is 2.16. The van der Waals surface area contributed by atoms with Crippen LogP contribution in [0, 0.1) is 17.8 Å². The van der Waals surface area contributed by atoms with Gasteiger partial charge in [-0.25, -0.2) is 0 Å². The molecule has 330 valence electrons. The Hall–Kier alpha value is -1.05. The highest BCUT2D eigenvalue weighted by atomic mass is 16.7. The summed E-state index contributed by atoms with van der Waals surface area (Å²) in [4.78, 5) is 16.4. The number of rotatable bonds is 13. The Bertz CT molecular complexity index is 1230. The minimum atomic E-state index is -1.81. The maximum absolute atomic E-state index is 14.5. The van der Waals surface area contributed by atoms with Gasteiger partial charge >= 0.3 is 5.97 Å². The lowest BCUT2D eigenvalue weighted by molar-refractivity contribution is -0.336. The average Bonchev–Trinajstić information content (AvgIpc) is 3.12. The molecule has 7 N–H and O–H groups in total. The number of hydrogen-bond donors (Lipinski definition) is 7. The topological polar surface area (TPSA) is 201 Å². The number of hydrogen-bond acceptors (Lipinski definition) is 15. The lowest BCUT2D eigenvalue weighted by Gasteiger charge is -2.53. The van der Waals surface area contributed by atoms with Crippen LogP contribution in [0.1, 0.15) is 108 Å². The summed E-state index contributed by atoms with van der Waals surface area (Å²) in [5.74, 6) is -2.67. The maximum Gasteiger partial charge on any atom is 0.311 e. The molecule has 0 amide bonds. The van der Waals surface area contributed by atoms with Gasteiger partial charge in [-0.05, 0) is 107 Å². The number of esters is 1. The van der Waals surface area contributed by atoms with Crippen LogP contribution in [0.15, 0.2) is 0 Å². The third-order valence-corrected chi connectivity index (χ3v) is 13.0. The summed E-state index contributed by atoms with van der Waals surface area (Å²) < 4.78 is 38.4. The molecule has 18 atom stereocenters. The van der Waals surface area contributed by atoms with Gasteiger partial charge in [0.15, 0.2) is 12.6 Å². The van der Waals surface area contributed by atoms with Gasteiger partial charge in [0.25, 0.3) is 0 Å². The molecule has 3 fully saturated rings. The molecule has 0 saturated carbocycles. The van der Waals surface area contributed by atoms with Gasteiger partial charge in [-0.3, -0.25) is 4.79 Å². The zero-order valence-corrected chi connectivity index (χ0v) is 36.8. The number of aliphatic hydroxyl groups excluding tert-OH is 2. The van der Waals surface area contributed by atoms with Crippen molar-refractivity contribution in [3.8, 4) is 0 Å². The number of carbonyl (C=O) groups is 1. The van der Waals surface area contributed by atoms with Crippen molar-refractivity contribution in [1.82, 2.24) is 15.5 Å². The predicted molar refractivity (Wildman–Crippen MR) is 212 cm³/mol. The minimum Gasteiger partial charge on any atom is -0.457 e. The number of nitrogens with one attached hydrogen (secondary N) is 2. The highest BCUT2D eigenvalue weighted by molar-refractivity contribution is 5.73. The molecule has 3 heterocycles. The maximum atomic E-state index is 14.5. The standard InChI is InChI=1S/C41H79N3O12/c1-15-17-42-22-41(50)28(8)53-31(20-39(41,10)51-14)54-33-25(5)34(56-37-32(46)29(44(12)13)18-24(4)52-37)38(9,48)19-23(3)21-43-27(7)35(55-36(47)26(33)6)40(11,49)30(45)16-2/h23-35,37,42-43,45-46,48-50H,15-22H2,1-14H3/t23-,24-,25+,26-,27-,28+,29+,30+,31?,32-,33+,34-,35?,37?,38-,39-,40-,41+/m1/s1. The van der Waals surface area contributed by atoms with Gasteiger partial charge in [0.2, 0.25) is 0 Å². The molecule has 15 heteroatoms. The largest absolute Gasteiger partial charge is 0.457 e. The van der Waals surface area contributed by atoms with Gasteiger partial charge in [-0.1, -0.05) is 27.7 Å². The lowest BCUT2D eigenvalue weighted by Crippen LogP contribution is -2.70. The first-order valence-corrected chi connectivity index (χ1v) is 20.9. The Labute approximate surface area is 336 Å². The summed E-state index contributed by atoms with van der Waals surface area (Å²) in [6.45, 7) is 20.9. The minimum absolute atomic E-state index is 0.0928. The van der Waals surface area contributed by atoms with E-state index in [9.17, 15) is 30.3 Å². The number of likely N-dealkylation sites (N-methyl/N-ethyl adjacent to an activating group) is 1. The van der Waals surface area contributed by atoms with Crippen molar-refractivity contribution in [3.05, 3.63) is 0 Å². The van der Waals surface area contributed by atoms with Crippen LogP contribution in [-0.4, -0.2) is 167 Å². The second-order valence-electron chi connectivity index (χ2n) is 18.2. The Morgan fingerprint density at radius 3 is 2.27 bits per heavy atom. The highest BCUT2D eigenvalue weighted by Crippen LogP contribution is 2.43. The SMILES string of the molecule is CCCNC[C@]1(O)[C@H](C)OC(O[C@H]2[C@H](C)[C@@H](OC3O[C@H](C)C[C@H](N(C)C)[C@H]3O)[C@](C)(O)C[C@@H](C)CN[C@H](C)C([C@](C)(O)[C@@H](O)CC)OC(=O)[C@@H]2C)C[C@@]1(C)OC. The summed E-state index contributed by atoms with van der Waals surface area (Å²) in [6, 6.07) is -0.875. The fraction of sp³-hybridized carbons (Fsp3) is 0.976. The van der Waals surface area contributed by atoms with Gasteiger partial charge in [-0.2, -0.15) is 0 Å². The van der Waals surface area contributed by atoms with E-state index in [0.717, 1.165) is 6.42 Å². The van der Waals surface area contributed by atoms with Gasteiger partial charge in [0.1, 0.15) is 29.0 Å². The zero-order valence-electron chi connectivity index (χ0n) is 36.8. The quantitative estimate of drug-likeness (QED) is 0.105. The monoisotopic (exact) mass is 806 g/mol. The van der Waals surface area contributed by atoms with Crippen molar-refractivity contribution >= 4 is 5.97 Å². The van der Waals surface area contributed by atoms with Crippen LogP contribution in [0.3, 0.4) is 0 Å². The smallest absolute Gasteiger partial charge is 0.311 e. The van der Waals surface area contributed by atoms with Crippen molar-refractivity contribution in [2.75, 3.05) is 40.8 Å². The number of ether oxygens (including phenoxy) is 6. The van der Waals surface area contributed by atoms with Crippen LogP contribution in [0.5, 0.6) is 0 Å². The fourth-order valence-electron chi connectivity index (χ4n) is 9.21. The fourth-order valence-corrected chi connectivity index (χ4v) is 9.21. The molecule has 0 aromatic heterocycles. The normalized spacial score (nSPS) is 45.2. The number of cyclic esters (lactones) is 1. The molecule has 0 radical (unpaired) electrons. The molecule has 0 aromatic carbocycles. The van der Waals surface area contributed by atoms with Crippen LogP contribution < -0.4 is 10.6 Å². The Morgan fingerprint density at radius 1 is 1.05 bits per heavy atom. The highest BCUT2D eigenvalue weighted by Gasteiger charge is 2.58. The van der Waals surface area contributed by atoms with E-state index in [1.165, 1.54) is 14.0 Å². The van der Waals surface area contributed by atoms with Crippen molar-refractivity contribution in [2.45, 2.75) is 198 Å². The third-order valence-electron chi connectivity index (χ3n) is 13.0. The Morgan fingerprint density at radius 2 is 1.70 bits per heavy atom. The molecule has 3 unspecified atom stereocenters. The second kappa shape index (κ2) is 20.0. The molecular formula is C41H79N3O12. The molecule has 15 nitrogen and oxygen atoms in total. The van der Waals surface area contributed by atoms with E-state index >= 15 is 0 Å². The van der Waals surface area contributed by atoms with Gasteiger partial charge in [0, 0.05) is 38.1 Å². The molecule has 0 aromatic rings. The van der Waals surface area contributed by atoms with E-state index in [4.69, 9.17) is 28.4 Å². The molecule has 3 saturated heterocycles. The first-order valence-electron chi connectivity index (χ1n) is 20.9. The van der Waals surface area contributed by atoms with Crippen molar-refractivity contribution < 1.29 is 58.7 Å². The Kier molecular flexibility index (Phi) is 17.6. The van der Waals surface area contributed by atoms with E-state index in [-0.39, 0.29) is 43.9 Å². The molecule has 3 rings (SSSR count). The summed E-state index contributed by atoms with van der Waals surface area (Å²) in [6.07, 6.45) is -6.62. The molecular weight excluding hydrogens is 726 g/mol. The molecule has 3 aliphatic rings. The predicted octanol–water partition coefficient (Wildman–Crippen LogP) is 1.93. The van der Waals surface area contributed by atoms with Gasteiger partial charge < -0.3 is 69.5 Å². The average molecular weight is 806 g/mol. The summed E-state index contributed by atoms with van der Waals surface area (Å²) >= 11 is 0. The van der Waals surface area contributed by atoms with Crippen LogP contribution in [-0.2, 0) is 33.2 Å². The van der Waals surface area contributed by atoms with Crippen LogP contribution in [0.25, 0.3) is 0 Å². The molecule has 3 aliphatic heterocycles. The summed E-state index contributed by atoms with van der Waals surface area (Å²) in [5.41, 5.74) is -5.93. The number of carbonyl (C=O) groups excluding carboxylic acids is 1. The van der Waals surface area contributed by atoms with Crippen molar-refractivity contribution in [1.29, 1.82) is 0 Å². The first-order chi connectivity index (χ1) is 25.9. The van der Waals surface area contributed by atoms with Crippen molar-refractivity contribution in [2.24, 2.45) is 17.8 Å². The second-order valence-corrected chi connectivity index (χ2v) is 18.2. The van der Waals surface area contributed by atoms with E-state index in [1.54, 1.807) is 34.6 Å². The molecule has 0 aliphatic carbocycles. The summed E-state index contributed by atoms with van der Waals surface area (Å²) in [5, 5.41) is 65.4. The van der Waals surface area contributed by atoms with E-state index in [2.05, 4.69) is 10.6 Å². The molecule has 56 heavy (non-hydrogen) atoms. The van der Waals surface area contributed by atoms with Crippen molar-refractivity contribution in [3.63, 3.8) is 0 Å². The molecule has 0 bridgehead atoms. The van der Waals surface area contributed by atoms with E-state index in [1.807, 2.05) is 53.6 Å². The van der Waals surface area contributed by atoms with Crippen LogP contribution in [0.4, 0.5) is 0 Å². The lowest BCUT2D eigenvalue weighted by atomic mass is 9.75. The zero-order chi connectivity index (χ0) is 42.6. The van der Waals surface area contributed by atoms with Gasteiger partial charge in [-0.15, -0.1) is 0 Å². The third kappa shape index (κ3) is 11.0. The number of nitrogens with zero attached hydrogens (tertiary/aromatic N) is 1. The number of methoxy groups -OCH3 is 1.